The summed E-state index contributed by atoms with van der Waals surface area (Å²) >= 11 is 2.87. The van der Waals surface area contributed by atoms with Crippen LogP contribution in [0.2, 0.25) is 0 Å². The van der Waals surface area contributed by atoms with Crippen LogP contribution in [0.4, 0.5) is 0 Å². The molecule has 3 aromatic heterocycles. The molecule has 3 heterocycles. The molecule has 8 heteroatoms. The molecule has 1 aromatic carbocycles. The summed E-state index contributed by atoms with van der Waals surface area (Å²) in [4.78, 5) is 16.5. The zero-order chi connectivity index (χ0) is 17.9. The second-order valence-electron chi connectivity index (χ2n) is 5.68. The van der Waals surface area contributed by atoms with Gasteiger partial charge in [-0.3, -0.25) is 4.79 Å². The number of aromatic nitrogens is 3. The maximum absolute atomic E-state index is 12.2. The summed E-state index contributed by atoms with van der Waals surface area (Å²) in [6.07, 6.45) is 1.85. The van der Waals surface area contributed by atoms with Crippen LogP contribution < -0.4 is 5.32 Å². The van der Waals surface area contributed by atoms with Crippen LogP contribution in [0.25, 0.3) is 22.4 Å². The molecule has 0 spiro atoms. The number of H-pyrrole nitrogens is 1. The van der Waals surface area contributed by atoms with Crippen molar-refractivity contribution in [2.45, 2.75) is 23.9 Å². The summed E-state index contributed by atoms with van der Waals surface area (Å²) in [6.45, 7) is 2.36. The van der Waals surface area contributed by atoms with Gasteiger partial charge in [0.15, 0.2) is 0 Å². The molecular weight excluding hydrogens is 368 g/mol. The van der Waals surface area contributed by atoms with Gasteiger partial charge in [0.1, 0.15) is 0 Å². The Labute approximate surface area is 158 Å². The minimum absolute atomic E-state index is 0.0600. The minimum atomic E-state index is -0.328. The van der Waals surface area contributed by atoms with E-state index in [2.05, 4.69) is 20.5 Å². The molecule has 4 rings (SSSR count). The number of nitrogens with one attached hydrogen (secondary N) is 2. The van der Waals surface area contributed by atoms with Crippen molar-refractivity contribution >= 4 is 39.9 Å². The first-order chi connectivity index (χ1) is 12.7. The molecule has 0 fully saturated rings. The standard InChI is InChI=1S/C18H16N4O2S2/c1-11(16(23)20-9-12-5-4-8-25-12)26-18-22-21-17(24-18)14-10-19-15-7-3-2-6-13(14)15/h2-8,10-11,19H,9H2,1H3,(H,20,23)/t11-/m1/s1. The topological polar surface area (TPSA) is 83.8 Å². The molecule has 6 nitrogen and oxygen atoms in total. The Bertz CT molecular complexity index is 1020. The van der Waals surface area contributed by atoms with E-state index in [1.165, 1.54) is 11.8 Å². The van der Waals surface area contributed by atoms with E-state index in [1.807, 2.05) is 54.9 Å². The Morgan fingerprint density at radius 1 is 1.31 bits per heavy atom. The zero-order valence-electron chi connectivity index (χ0n) is 13.9. The van der Waals surface area contributed by atoms with Gasteiger partial charge in [-0.25, -0.2) is 0 Å². The van der Waals surface area contributed by atoms with Crippen LogP contribution in [0.15, 0.2) is 57.6 Å². The van der Waals surface area contributed by atoms with Crippen LogP contribution >= 0.6 is 23.1 Å². The fourth-order valence-electron chi connectivity index (χ4n) is 2.55. The summed E-state index contributed by atoms with van der Waals surface area (Å²) in [5.41, 5.74) is 1.87. The van der Waals surface area contributed by atoms with Crippen molar-refractivity contribution in [1.29, 1.82) is 0 Å². The SMILES string of the molecule is C[C@@H](Sc1nnc(-c2c[nH]c3ccccc23)o1)C(=O)NCc1cccs1. The minimum Gasteiger partial charge on any atom is -0.411 e. The number of para-hydroxylation sites is 1. The third-order valence-corrected chi connectivity index (χ3v) is 5.70. The van der Waals surface area contributed by atoms with E-state index in [-0.39, 0.29) is 11.2 Å². The molecule has 1 amide bonds. The molecule has 26 heavy (non-hydrogen) atoms. The van der Waals surface area contributed by atoms with Gasteiger partial charge in [0.2, 0.25) is 5.91 Å². The third-order valence-electron chi connectivity index (χ3n) is 3.89. The normalized spacial score (nSPS) is 12.3. The number of amides is 1. The van der Waals surface area contributed by atoms with Crippen LogP contribution in [0, 0.1) is 0 Å². The first-order valence-corrected chi connectivity index (χ1v) is 9.83. The molecule has 0 radical (unpaired) electrons. The lowest BCUT2D eigenvalue weighted by atomic mass is 10.2. The van der Waals surface area contributed by atoms with Gasteiger partial charge in [-0.05, 0) is 24.4 Å². The van der Waals surface area contributed by atoms with E-state index in [1.54, 1.807) is 11.3 Å². The highest BCUT2D eigenvalue weighted by Gasteiger charge is 2.19. The zero-order valence-corrected chi connectivity index (χ0v) is 15.6. The quantitative estimate of drug-likeness (QED) is 0.490. The van der Waals surface area contributed by atoms with Gasteiger partial charge in [-0.2, -0.15) is 0 Å². The monoisotopic (exact) mass is 384 g/mol. The lowest BCUT2D eigenvalue weighted by molar-refractivity contribution is -0.120. The Kier molecular flexibility index (Phi) is 4.77. The van der Waals surface area contributed by atoms with Gasteiger partial charge in [0.25, 0.3) is 11.1 Å². The smallest absolute Gasteiger partial charge is 0.277 e. The molecule has 0 unspecified atom stereocenters. The number of rotatable bonds is 6. The second-order valence-corrected chi connectivity index (χ2v) is 8.00. The second kappa shape index (κ2) is 7.35. The Balaban J connectivity index is 1.42. The number of thioether (sulfide) groups is 1. The maximum atomic E-state index is 12.2. The number of thiophene rings is 1. The van der Waals surface area contributed by atoms with Crippen molar-refractivity contribution in [2.75, 3.05) is 0 Å². The van der Waals surface area contributed by atoms with E-state index in [0.29, 0.717) is 17.7 Å². The van der Waals surface area contributed by atoms with Gasteiger partial charge in [0.05, 0.1) is 17.4 Å². The van der Waals surface area contributed by atoms with Gasteiger partial charge >= 0.3 is 0 Å². The van der Waals surface area contributed by atoms with Crippen molar-refractivity contribution in [1.82, 2.24) is 20.5 Å². The van der Waals surface area contributed by atoms with Gasteiger partial charge in [0, 0.05) is 22.0 Å². The molecule has 4 aromatic rings. The average molecular weight is 384 g/mol. The van der Waals surface area contributed by atoms with Crippen molar-refractivity contribution in [3.63, 3.8) is 0 Å². The summed E-state index contributed by atoms with van der Waals surface area (Å²) in [5.74, 6) is 0.381. The fraction of sp³-hybridized carbons (Fsp3) is 0.167. The summed E-state index contributed by atoms with van der Waals surface area (Å²) in [7, 11) is 0. The van der Waals surface area contributed by atoms with Crippen LogP contribution in [0.5, 0.6) is 0 Å². The van der Waals surface area contributed by atoms with E-state index >= 15 is 0 Å². The third kappa shape index (κ3) is 3.51. The molecule has 2 N–H and O–H groups in total. The number of fused-ring (bicyclic) bond motifs is 1. The highest BCUT2D eigenvalue weighted by molar-refractivity contribution is 8.00. The van der Waals surface area contributed by atoms with E-state index in [0.717, 1.165) is 21.3 Å². The van der Waals surface area contributed by atoms with Crippen molar-refractivity contribution in [3.05, 3.63) is 52.9 Å². The van der Waals surface area contributed by atoms with Crippen molar-refractivity contribution in [2.24, 2.45) is 0 Å². The van der Waals surface area contributed by atoms with Crippen LogP contribution in [0.3, 0.4) is 0 Å². The van der Waals surface area contributed by atoms with E-state index in [9.17, 15) is 4.79 Å². The Morgan fingerprint density at radius 3 is 3.04 bits per heavy atom. The maximum Gasteiger partial charge on any atom is 0.277 e. The van der Waals surface area contributed by atoms with Crippen LogP contribution in [0.1, 0.15) is 11.8 Å². The number of nitrogens with zero attached hydrogens (tertiary/aromatic N) is 2. The molecule has 0 aliphatic carbocycles. The number of hydrogen-bond acceptors (Lipinski definition) is 6. The lowest BCUT2D eigenvalue weighted by Gasteiger charge is -2.08. The number of aromatic amines is 1. The fourth-order valence-corrected chi connectivity index (χ4v) is 3.90. The van der Waals surface area contributed by atoms with Crippen molar-refractivity contribution in [3.8, 4) is 11.5 Å². The number of hydrogen-bond donors (Lipinski definition) is 2. The summed E-state index contributed by atoms with van der Waals surface area (Å²) < 4.78 is 5.75. The largest absolute Gasteiger partial charge is 0.411 e. The van der Waals surface area contributed by atoms with Gasteiger partial charge in [-0.15, -0.1) is 21.5 Å². The first kappa shape index (κ1) is 16.9. The molecule has 0 bridgehead atoms. The number of benzene rings is 1. The van der Waals surface area contributed by atoms with Crippen molar-refractivity contribution < 1.29 is 9.21 Å². The molecule has 132 valence electrons. The van der Waals surface area contributed by atoms with E-state index < -0.39 is 0 Å². The number of carbonyl (C=O) groups is 1. The molecule has 1 atom stereocenters. The highest BCUT2D eigenvalue weighted by Crippen LogP contribution is 2.30. The molecule has 0 aliphatic rings. The molecular formula is C18H16N4O2S2. The number of carbonyl (C=O) groups excluding carboxylic acids is 1. The predicted octanol–water partition coefficient (Wildman–Crippen LogP) is 4.08. The predicted molar refractivity (Wildman–Crippen MR) is 103 cm³/mol. The van der Waals surface area contributed by atoms with Crippen LogP contribution in [-0.2, 0) is 11.3 Å². The summed E-state index contributed by atoms with van der Waals surface area (Å²) in [6, 6.07) is 11.9. The van der Waals surface area contributed by atoms with Gasteiger partial charge < -0.3 is 14.7 Å². The summed E-state index contributed by atoms with van der Waals surface area (Å²) in [5, 5.41) is 14.2. The van der Waals surface area contributed by atoms with Gasteiger partial charge in [-0.1, -0.05) is 36.0 Å². The van der Waals surface area contributed by atoms with Crippen LogP contribution in [-0.4, -0.2) is 26.3 Å². The average Bonchev–Trinajstić information content (AvgIpc) is 3.39. The first-order valence-electron chi connectivity index (χ1n) is 8.07. The Hall–Kier alpha value is -2.58. The molecule has 0 saturated heterocycles. The molecule has 0 aliphatic heterocycles. The van der Waals surface area contributed by atoms with E-state index in [4.69, 9.17) is 4.42 Å². The lowest BCUT2D eigenvalue weighted by Crippen LogP contribution is -2.30. The highest BCUT2D eigenvalue weighted by atomic mass is 32.2. The Morgan fingerprint density at radius 2 is 2.19 bits per heavy atom. The molecule has 0 saturated carbocycles.